The van der Waals surface area contributed by atoms with Crippen LogP contribution in [0.3, 0.4) is 0 Å². The molecule has 8 nitrogen and oxygen atoms in total. The molecular formula is C27H28N2O6S. The van der Waals surface area contributed by atoms with E-state index in [0.29, 0.717) is 18.4 Å². The topological polar surface area (TPSA) is 112 Å². The highest BCUT2D eigenvalue weighted by Gasteiger charge is 2.47. The van der Waals surface area contributed by atoms with Crippen LogP contribution in [0, 0.1) is 17.2 Å². The van der Waals surface area contributed by atoms with Crippen molar-refractivity contribution in [2.24, 2.45) is 5.92 Å². The maximum atomic E-state index is 12.0. The first-order valence-corrected chi connectivity index (χ1v) is 12.6. The first kappa shape index (κ1) is 25.6. The van der Waals surface area contributed by atoms with E-state index < -0.39 is 30.3 Å². The second-order valence-electron chi connectivity index (χ2n) is 8.81. The van der Waals surface area contributed by atoms with E-state index in [1.54, 1.807) is 24.6 Å². The van der Waals surface area contributed by atoms with Gasteiger partial charge in [-0.2, -0.15) is 5.26 Å². The number of hydrogen-bond donors (Lipinski definition) is 0. The Bertz CT molecular complexity index is 1260. The minimum absolute atomic E-state index is 0.173. The van der Waals surface area contributed by atoms with E-state index in [1.807, 2.05) is 32.0 Å². The maximum Gasteiger partial charge on any atom is 0.303 e. The normalized spacial score (nSPS) is 23.6. The van der Waals surface area contributed by atoms with Crippen molar-refractivity contribution < 1.29 is 28.2 Å². The van der Waals surface area contributed by atoms with Gasteiger partial charge < -0.3 is 18.6 Å². The van der Waals surface area contributed by atoms with Crippen molar-refractivity contribution in [3.8, 4) is 16.7 Å². The van der Waals surface area contributed by atoms with E-state index in [0.717, 1.165) is 26.8 Å². The maximum absolute atomic E-state index is 12.0. The molecule has 1 fully saturated rings. The number of nitrogens with zero attached hydrogens (tertiary/aromatic N) is 2. The number of nitriles is 1. The van der Waals surface area contributed by atoms with E-state index in [-0.39, 0.29) is 12.0 Å². The molecule has 188 valence electrons. The predicted octanol–water partition coefficient (Wildman–Crippen LogP) is 5.21. The number of rotatable bonds is 7. The Hall–Kier alpha value is -3.48. The van der Waals surface area contributed by atoms with Gasteiger partial charge in [0.2, 0.25) is 0 Å². The fourth-order valence-electron chi connectivity index (χ4n) is 4.63. The van der Waals surface area contributed by atoms with Gasteiger partial charge >= 0.3 is 11.9 Å². The summed E-state index contributed by atoms with van der Waals surface area (Å²) in [5.74, 6) is -0.372. The molecule has 3 heterocycles. The monoisotopic (exact) mass is 508 g/mol. The zero-order valence-corrected chi connectivity index (χ0v) is 21.4. The molecule has 0 unspecified atom stereocenters. The molecule has 3 aromatic rings. The highest BCUT2D eigenvalue weighted by molar-refractivity contribution is 7.15. The lowest BCUT2D eigenvalue weighted by Gasteiger charge is -2.44. The molecule has 1 aromatic carbocycles. The SMILES string of the molecule is CC[C@H]1O[C@@H](c2ccc(C#N)c(Cc3ncc(-c4ccco4)s3)c2)[C@H](OC(C)=O)[C@@H](OC(C)=O)[C@@H]1C. The molecule has 2 aromatic heterocycles. The summed E-state index contributed by atoms with van der Waals surface area (Å²) in [6.07, 6.45) is 2.14. The molecular weight excluding hydrogens is 480 g/mol. The van der Waals surface area contributed by atoms with Crippen LogP contribution in [-0.4, -0.2) is 35.2 Å². The fraction of sp³-hybridized carbons (Fsp3) is 0.407. The quantitative estimate of drug-likeness (QED) is 0.400. The van der Waals surface area contributed by atoms with Crippen LogP contribution in [0.5, 0.6) is 0 Å². The van der Waals surface area contributed by atoms with Crippen LogP contribution in [-0.2, 0) is 30.2 Å². The lowest BCUT2D eigenvalue weighted by Crippen LogP contribution is -2.52. The smallest absolute Gasteiger partial charge is 0.303 e. The Morgan fingerprint density at radius 1 is 1.17 bits per heavy atom. The highest BCUT2D eigenvalue weighted by Crippen LogP contribution is 2.40. The number of esters is 2. The van der Waals surface area contributed by atoms with E-state index in [4.69, 9.17) is 18.6 Å². The van der Waals surface area contributed by atoms with E-state index in [1.165, 1.54) is 25.2 Å². The van der Waals surface area contributed by atoms with Crippen LogP contribution < -0.4 is 0 Å². The molecule has 5 atom stereocenters. The fourth-order valence-corrected chi connectivity index (χ4v) is 5.54. The molecule has 0 aliphatic carbocycles. The molecule has 0 N–H and O–H groups in total. The Morgan fingerprint density at radius 3 is 2.56 bits per heavy atom. The second kappa shape index (κ2) is 11.1. The number of benzene rings is 1. The van der Waals surface area contributed by atoms with E-state index in [2.05, 4.69) is 11.1 Å². The second-order valence-corrected chi connectivity index (χ2v) is 9.93. The first-order chi connectivity index (χ1) is 17.3. The molecule has 4 rings (SSSR count). The summed E-state index contributed by atoms with van der Waals surface area (Å²) < 4.78 is 23.2. The number of carbonyl (C=O) groups is 2. The van der Waals surface area contributed by atoms with Crippen LogP contribution in [0.1, 0.15) is 61.9 Å². The van der Waals surface area contributed by atoms with Gasteiger partial charge in [0.05, 0.1) is 33.9 Å². The number of aromatic nitrogens is 1. The molecule has 0 radical (unpaired) electrons. The van der Waals surface area contributed by atoms with Gasteiger partial charge in [-0.1, -0.05) is 26.0 Å². The van der Waals surface area contributed by atoms with E-state index in [9.17, 15) is 14.9 Å². The Labute approximate surface area is 213 Å². The summed E-state index contributed by atoms with van der Waals surface area (Å²) in [5.41, 5.74) is 2.03. The van der Waals surface area contributed by atoms with Gasteiger partial charge in [0.15, 0.2) is 6.10 Å². The van der Waals surface area contributed by atoms with E-state index >= 15 is 0 Å². The number of thiazole rings is 1. The van der Waals surface area contributed by atoms with Crippen LogP contribution in [0.4, 0.5) is 0 Å². The minimum atomic E-state index is -0.824. The van der Waals surface area contributed by atoms with Crippen molar-refractivity contribution >= 4 is 23.3 Å². The van der Waals surface area contributed by atoms with Crippen molar-refractivity contribution in [3.05, 3.63) is 64.5 Å². The van der Waals surface area contributed by atoms with Crippen molar-refractivity contribution in [2.75, 3.05) is 0 Å². The Kier molecular flexibility index (Phi) is 7.87. The number of furan rings is 1. The third-order valence-corrected chi connectivity index (χ3v) is 7.30. The van der Waals surface area contributed by atoms with Gasteiger partial charge in [0.25, 0.3) is 0 Å². The summed E-state index contributed by atoms with van der Waals surface area (Å²) in [6, 6.07) is 11.4. The zero-order valence-electron chi connectivity index (χ0n) is 20.6. The first-order valence-electron chi connectivity index (χ1n) is 11.8. The molecule has 36 heavy (non-hydrogen) atoms. The van der Waals surface area contributed by atoms with Gasteiger partial charge in [-0.3, -0.25) is 9.59 Å². The van der Waals surface area contributed by atoms with Gasteiger partial charge in [-0.15, -0.1) is 11.3 Å². The average molecular weight is 509 g/mol. The Morgan fingerprint density at radius 2 is 1.92 bits per heavy atom. The third-order valence-electron chi connectivity index (χ3n) is 6.29. The molecule has 0 saturated carbocycles. The molecule has 1 saturated heterocycles. The van der Waals surface area contributed by atoms with Crippen molar-refractivity contribution in [1.29, 1.82) is 5.26 Å². The summed E-state index contributed by atoms with van der Waals surface area (Å²) in [7, 11) is 0. The van der Waals surface area contributed by atoms with Gasteiger partial charge in [0.1, 0.15) is 18.0 Å². The molecule has 9 heteroatoms. The Balaban J connectivity index is 1.69. The summed E-state index contributed by atoms with van der Waals surface area (Å²) in [5, 5.41) is 10.6. The van der Waals surface area contributed by atoms with Crippen LogP contribution >= 0.6 is 11.3 Å². The average Bonchev–Trinajstić information content (AvgIpc) is 3.53. The third kappa shape index (κ3) is 5.50. The number of ether oxygens (including phenoxy) is 3. The van der Waals surface area contributed by atoms with Crippen LogP contribution in [0.25, 0.3) is 10.6 Å². The van der Waals surface area contributed by atoms with Crippen molar-refractivity contribution in [2.45, 2.75) is 65.0 Å². The predicted molar refractivity (Wildman–Crippen MR) is 132 cm³/mol. The summed E-state index contributed by atoms with van der Waals surface area (Å²) >= 11 is 1.49. The van der Waals surface area contributed by atoms with Crippen molar-refractivity contribution in [1.82, 2.24) is 4.98 Å². The summed E-state index contributed by atoms with van der Waals surface area (Å²) in [6.45, 7) is 6.59. The van der Waals surface area contributed by atoms with Gasteiger partial charge in [-0.25, -0.2) is 4.98 Å². The molecule has 0 spiro atoms. The van der Waals surface area contributed by atoms with Crippen LogP contribution in [0.15, 0.2) is 47.2 Å². The zero-order chi connectivity index (χ0) is 25.8. The number of hydrogen-bond acceptors (Lipinski definition) is 9. The molecule has 1 aliphatic rings. The van der Waals surface area contributed by atoms with Gasteiger partial charge in [-0.05, 0) is 35.7 Å². The number of carbonyl (C=O) groups excluding carboxylic acids is 2. The summed E-state index contributed by atoms with van der Waals surface area (Å²) in [4.78, 5) is 29.3. The largest absolute Gasteiger partial charge is 0.463 e. The highest BCUT2D eigenvalue weighted by atomic mass is 32.1. The molecule has 0 amide bonds. The molecule has 0 bridgehead atoms. The van der Waals surface area contributed by atoms with Crippen LogP contribution in [0.2, 0.25) is 0 Å². The minimum Gasteiger partial charge on any atom is -0.463 e. The van der Waals surface area contributed by atoms with Crippen molar-refractivity contribution in [3.63, 3.8) is 0 Å². The molecule has 1 aliphatic heterocycles. The standard InChI is InChI=1S/C27H28N2O6S/c1-5-21-15(2)25(33-16(3)30)27(34-17(4)31)26(35-21)18-8-9-19(13-28)20(11-18)12-24-29-14-23(36-24)22-7-6-10-32-22/h6-11,14-15,21,25-27H,5,12H2,1-4H3/t15-,21-,25+,26+,27-/m1/s1. The van der Waals surface area contributed by atoms with Gasteiger partial charge in [0, 0.05) is 32.4 Å². The lowest BCUT2D eigenvalue weighted by molar-refractivity contribution is -0.225. The lowest BCUT2D eigenvalue weighted by atomic mass is 9.83.